The molecule has 1 aliphatic rings. The lowest BCUT2D eigenvalue weighted by Crippen LogP contribution is -2.36. The highest BCUT2D eigenvalue weighted by Crippen LogP contribution is 2.28. The normalized spacial score (nSPS) is 14.9. The highest BCUT2D eigenvalue weighted by atomic mass is 16.5. The summed E-state index contributed by atoms with van der Waals surface area (Å²) in [4.78, 5) is 19.5. The van der Waals surface area contributed by atoms with Gasteiger partial charge < -0.3 is 25.6 Å². The lowest BCUT2D eigenvalue weighted by molar-refractivity contribution is 0.0938. The van der Waals surface area contributed by atoms with E-state index in [0.29, 0.717) is 52.2 Å². The van der Waals surface area contributed by atoms with Crippen LogP contribution >= 0.6 is 0 Å². The molecular weight excluding hydrogens is 548 g/mol. The minimum atomic E-state index is -0.0821. The van der Waals surface area contributed by atoms with Crippen molar-refractivity contribution in [3.8, 4) is 17.5 Å². The number of benzene rings is 2. The van der Waals surface area contributed by atoms with Crippen molar-refractivity contribution in [2.24, 2.45) is 0 Å². The Morgan fingerprint density at radius 2 is 2.09 bits per heavy atom. The Morgan fingerprint density at radius 3 is 2.84 bits per heavy atom. The number of hydrogen-bond acceptors (Lipinski definition) is 11. The van der Waals surface area contributed by atoms with E-state index < -0.39 is 0 Å². The lowest BCUT2D eigenvalue weighted by Gasteiger charge is -2.14. The highest BCUT2D eigenvalue weighted by Gasteiger charge is 2.21. The fourth-order valence-electron chi connectivity index (χ4n) is 5.09. The lowest BCUT2D eigenvalue weighted by atomic mass is 10.1. The van der Waals surface area contributed by atoms with Gasteiger partial charge in [0, 0.05) is 48.6 Å². The summed E-state index contributed by atoms with van der Waals surface area (Å²) in [5.41, 5.74) is 4.34. The van der Waals surface area contributed by atoms with Crippen molar-refractivity contribution < 1.29 is 9.53 Å². The molecule has 14 nitrogen and oxygen atoms in total. The third-order valence-corrected chi connectivity index (χ3v) is 7.25. The molecule has 3 N–H and O–H groups in total. The van der Waals surface area contributed by atoms with Gasteiger partial charge in [-0.2, -0.15) is 14.5 Å². The molecule has 1 atom stereocenters. The minimum absolute atomic E-state index is 0.0821. The van der Waals surface area contributed by atoms with Gasteiger partial charge >= 0.3 is 0 Å². The molecule has 1 fully saturated rings. The molecule has 6 rings (SSSR count). The number of carbonyl (C=O) groups excluding carboxylic acids is 1. The first kappa shape index (κ1) is 27.6. The zero-order valence-corrected chi connectivity index (χ0v) is 23.9. The van der Waals surface area contributed by atoms with Crippen LogP contribution in [0, 0.1) is 18.3 Å². The van der Waals surface area contributed by atoms with Gasteiger partial charge in [-0.1, -0.05) is 12.1 Å². The molecule has 0 bridgehead atoms. The number of aryl methyl sites for hydroxylation is 1. The Hall–Kier alpha value is -5.55. The fraction of sp³-hybridized carbons (Fsp3) is 0.276. The number of nitrogens with zero attached hydrogens (tertiary/aromatic N) is 9. The smallest absolute Gasteiger partial charge is 0.251 e. The number of carbonyl (C=O) groups is 1. The van der Waals surface area contributed by atoms with E-state index in [9.17, 15) is 10.1 Å². The van der Waals surface area contributed by atoms with E-state index in [4.69, 9.17) is 4.74 Å². The van der Waals surface area contributed by atoms with Crippen molar-refractivity contribution in [1.82, 2.24) is 45.0 Å². The van der Waals surface area contributed by atoms with Crippen molar-refractivity contribution in [1.29, 1.82) is 5.26 Å². The van der Waals surface area contributed by atoms with Gasteiger partial charge in [-0.3, -0.25) is 4.79 Å². The van der Waals surface area contributed by atoms with Gasteiger partial charge in [0.25, 0.3) is 5.91 Å². The first-order valence-electron chi connectivity index (χ1n) is 13.7. The fourth-order valence-corrected chi connectivity index (χ4v) is 5.09. The summed E-state index contributed by atoms with van der Waals surface area (Å²) in [6.45, 7) is 4.05. The Balaban J connectivity index is 1.25. The molecule has 218 valence electrons. The van der Waals surface area contributed by atoms with Gasteiger partial charge in [0.05, 0.1) is 24.7 Å². The molecule has 1 saturated heterocycles. The highest BCUT2D eigenvalue weighted by molar-refractivity contribution is 5.94. The number of hydrogen-bond donors (Lipinski definition) is 3. The van der Waals surface area contributed by atoms with Crippen LogP contribution in [-0.2, 0) is 6.54 Å². The molecule has 0 radical (unpaired) electrons. The molecule has 3 aromatic heterocycles. The number of tetrazole rings is 1. The number of amides is 1. The van der Waals surface area contributed by atoms with Crippen molar-refractivity contribution in [3.05, 3.63) is 77.4 Å². The molecule has 0 saturated carbocycles. The van der Waals surface area contributed by atoms with E-state index >= 15 is 0 Å². The maximum atomic E-state index is 12.9. The zero-order chi connectivity index (χ0) is 29.9. The van der Waals surface area contributed by atoms with E-state index in [1.807, 2.05) is 48.5 Å². The second-order valence-corrected chi connectivity index (χ2v) is 10.4. The molecule has 4 heterocycles. The van der Waals surface area contributed by atoms with E-state index in [1.54, 1.807) is 18.7 Å². The molecule has 14 heteroatoms. The number of aromatic nitrogens is 7. The van der Waals surface area contributed by atoms with E-state index in [-0.39, 0.29) is 17.6 Å². The Morgan fingerprint density at radius 1 is 1.21 bits per heavy atom. The Kier molecular flexibility index (Phi) is 7.54. The Labute approximate surface area is 247 Å². The SMILES string of the molecule is COc1cc(Nc2cc(NCc3cccc(C(=O)NC4CCN(C)C4)c3)c3ncc(C#N)n3n2)cc(-n2nnnc2C)c1. The summed E-state index contributed by atoms with van der Waals surface area (Å²) in [5.74, 6) is 1.60. The molecule has 0 aliphatic carbocycles. The van der Waals surface area contributed by atoms with Crippen LogP contribution in [0.3, 0.4) is 0 Å². The van der Waals surface area contributed by atoms with E-state index in [2.05, 4.69) is 59.6 Å². The number of methoxy groups -OCH3 is 1. The molecule has 2 aromatic carbocycles. The molecule has 1 aliphatic heterocycles. The maximum absolute atomic E-state index is 12.9. The van der Waals surface area contributed by atoms with E-state index in [1.165, 1.54) is 10.7 Å². The average molecular weight is 579 g/mol. The molecule has 43 heavy (non-hydrogen) atoms. The molecular formula is C29H30N12O2. The number of nitrogens with one attached hydrogen (secondary N) is 3. The predicted octanol–water partition coefficient (Wildman–Crippen LogP) is 2.68. The summed E-state index contributed by atoms with van der Waals surface area (Å²) in [6.07, 6.45) is 2.42. The minimum Gasteiger partial charge on any atom is -0.497 e. The second kappa shape index (κ2) is 11.7. The topological polar surface area (TPSA) is 163 Å². The number of likely N-dealkylation sites (tertiary alicyclic amines) is 1. The van der Waals surface area contributed by atoms with Gasteiger partial charge in [0.15, 0.2) is 23.0 Å². The summed E-state index contributed by atoms with van der Waals surface area (Å²) in [6, 6.07) is 17.1. The van der Waals surface area contributed by atoms with Gasteiger partial charge in [0.2, 0.25) is 0 Å². The standard InChI is InChI=1S/C29H30N12O2/c1-18-35-37-38-40(18)23-10-22(11-25(12-23)43-3)33-27-13-26(28-32-16-24(14-30)41(28)36-27)31-15-19-5-4-6-20(9-19)29(42)34-21-7-8-39(2)17-21/h4-6,9-13,16,21,31H,7-8,15,17H2,1-3H3,(H,33,36)(H,34,42). The summed E-state index contributed by atoms with van der Waals surface area (Å²) in [5, 5.41) is 35.9. The van der Waals surface area contributed by atoms with Gasteiger partial charge in [0.1, 0.15) is 11.8 Å². The summed E-state index contributed by atoms with van der Waals surface area (Å²) in [7, 11) is 3.64. The zero-order valence-electron chi connectivity index (χ0n) is 23.9. The van der Waals surface area contributed by atoms with Crippen LogP contribution in [0.15, 0.2) is 54.7 Å². The molecule has 5 aromatic rings. The largest absolute Gasteiger partial charge is 0.497 e. The molecule has 0 spiro atoms. The first-order chi connectivity index (χ1) is 20.9. The number of likely N-dealkylation sites (N-methyl/N-ethyl adjacent to an activating group) is 1. The van der Waals surface area contributed by atoms with Gasteiger partial charge in [-0.15, -0.1) is 10.2 Å². The van der Waals surface area contributed by atoms with Crippen LogP contribution in [0.4, 0.5) is 17.2 Å². The summed E-state index contributed by atoms with van der Waals surface area (Å²) < 4.78 is 8.59. The average Bonchev–Trinajstić information content (AvgIpc) is 3.75. The van der Waals surface area contributed by atoms with Gasteiger partial charge in [-0.25, -0.2) is 4.98 Å². The van der Waals surface area contributed by atoms with Crippen LogP contribution in [0.5, 0.6) is 5.75 Å². The third kappa shape index (κ3) is 5.92. The first-order valence-corrected chi connectivity index (χ1v) is 13.7. The number of ether oxygens (including phenoxy) is 1. The van der Waals surface area contributed by atoms with Gasteiger partial charge in [-0.05, 0) is 61.1 Å². The predicted molar refractivity (Wildman–Crippen MR) is 159 cm³/mol. The monoisotopic (exact) mass is 578 g/mol. The van der Waals surface area contributed by atoms with Crippen LogP contribution < -0.4 is 20.7 Å². The van der Waals surface area contributed by atoms with E-state index in [0.717, 1.165) is 25.1 Å². The number of fused-ring (bicyclic) bond motifs is 1. The van der Waals surface area contributed by atoms with Crippen molar-refractivity contribution in [2.75, 3.05) is 37.9 Å². The van der Waals surface area contributed by atoms with Crippen molar-refractivity contribution in [3.63, 3.8) is 0 Å². The van der Waals surface area contributed by atoms with Crippen molar-refractivity contribution in [2.45, 2.75) is 25.9 Å². The number of rotatable bonds is 9. The number of anilines is 3. The van der Waals surface area contributed by atoms with Crippen LogP contribution in [-0.4, -0.2) is 78.9 Å². The number of nitriles is 1. The van der Waals surface area contributed by atoms with Crippen LogP contribution in [0.2, 0.25) is 0 Å². The third-order valence-electron chi connectivity index (χ3n) is 7.25. The molecule has 1 unspecified atom stereocenters. The molecule has 1 amide bonds. The van der Waals surface area contributed by atoms with Crippen molar-refractivity contribution >= 4 is 28.7 Å². The van der Waals surface area contributed by atoms with Crippen LogP contribution in [0.25, 0.3) is 11.3 Å². The second-order valence-electron chi connectivity index (χ2n) is 10.4. The quantitative estimate of drug-likeness (QED) is 0.236. The number of imidazole rings is 1. The Bertz CT molecular complexity index is 1840. The van der Waals surface area contributed by atoms with Crippen LogP contribution in [0.1, 0.15) is 33.9 Å². The summed E-state index contributed by atoms with van der Waals surface area (Å²) >= 11 is 0. The maximum Gasteiger partial charge on any atom is 0.251 e.